The van der Waals surface area contributed by atoms with E-state index in [0.29, 0.717) is 0 Å². The van der Waals surface area contributed by atoms with Gasteiger partial charge in [0.05, 0.1) is 12.6 Å². The van der Waals surface area contributed by atoms with Crippen LogP contribution in [0.1, 0.15) is 27.7 Å². The lowest BCUT2D eigenvalue weighted by Crippen LogP contribution is -2.63. The van der Waals surface area contributed by atoms with Gasteiger partial charge in [0.25, 0.3) is 0 Å². The zero-order valence-electron chi connectivity index (χ0n) is 18.4. The van der Waals surface area contributed by atoms with E-state index < -0.39 is 67.2 Å². The summed E-state index contributed by atoms with van der Waals surface area (Å²) in [5.74, 6) is -3.03. The lowest BCUT2D eigenvalue weighted by Gasteiger charge is -2.44. The summed E-state index contributed by atoms with van der Waals surface area (Å²) in [6, 6.07) is -0.947. The third-order valence-electron chi connectivity index (χ3n) is 3.97. The molecule has 0 aromatic carbocycles. The molecule has 0 aliphatic carbocycles. The molecule has 6 atom stereocenters. The van der Waals surface area contributed by atoms with Crippen LogP contribution in [-0.4, -0.2) is 80.4 Å². The smallest absolute Gasteiger partial charge is 0.303 e. The van der Waals surface area contributed by atoms with Crippen molar-refractivity contribution in [2.75, 3.05) is 19.8 Å². The molecular weight excluding hydrogens is 448 g/mol. The molecule has 0 unspecified atom stereocenters. The molecule has 33 heavy (non-hydrogen) atoms. The van der Waals surface area contributed by atoms with Crippen molar-refractivity contribution in [2.24, 2.45) is 10.2 Å². The Balaban J connectivity index is 3.30. The van der Waals surface area contributed by atoms with Crippen LogP contribution in [0.15, 0.2) is 10.2 Å². The maximum absolute atomic E-state index is 11.8. The van der Waals surface area contributed by atoms with Crippen molar-refractivity contribution in [1.29, 1.82) is 0 Å². The maximum Gasteiger partial charge on any atom is 0.303 e. The fraction of sp³-hybridized carbons (Fsp3) is 0.765. The highest BCUT2D eigenvalue weighted by Gasteiger charge is 2.52. The number of nitrogens with zero attached hydrogens (tertiary/aromatic N) is 6. The summed E-state index contributed by atoms with van der Waals surface area (Å²) < 4.78 is 32.0. The van der Waals surface area contributed by atoms with E-state index in [1.165, 1.54) is 0 Å². The molecule has 0 bridgehead atoms. The van der Waals surface area contributed by atoms with Crippen molar-refractivity contribution in [3.63, 3.8) is 0 Å². The molecule has 1 aliphatic rings. The fourth-order valence-corrected chi connectivity index (χ4v) is 2.86. The molecule has 1 heterocycles. The largest absolute Gasteiger partial charge is 0.463 e. The summed E-state index contributed by atoms with van der Waals surface area (Å²) in [7, 11) is 0. The SMILES string of the molecule is CC(=O)OC[C@H]1O[C@@H](OC[C@H](CN=[N+]=[N-])N=[N+]=[N-])[C@H](OC(C)=O)[C@@H](OC(C)=O)[C@@H]1OC(C)=O. The molecular formula is C17H24N6O10. The standard InChI is InChI=1S/C17H24N6O10/c1-8(24)28-7-13-14(30-9(2)25)15(31-10(3)26)16(32-11(4)27)17(33-13)29-6-12(21-23-19)5-20-22-18/h12-17H,5-7H2,1-4H3/t12-,13+,14+,15-,16+,17+/m0/s1. The van der Waals surface area contributed by atoms with Crippen molar-refractivity contribution in [3.05, 3.63) is 20.9 Å². The van der Waals surface area contributed by atoms with E-state index >= 15 is 0 Å². The fourth-order valence-electron chi connectivity index (χ4n) is 2.86. The number of esters is 4. The zero-order chi connectivity index (χ0) is 25.0. The van der Waals surface area contributed by atoms with Crippen molar-refractivity contribution >= 4 is 23.9 Å². The minimum absolute atomic E-state index is 0.244. The number of rotatable bonds is 11. The van der Waals surface area contributed by atoms with Crippen LogP contribution in [0.3, 0.4) is 0 Å². The molecule has 1 saturated heterocycles. The molecule has 0 spiro atoms. The van der Waals surface area contributed by atoms with Gasteiger partial charge in [-0.05, 0) is 11.1 Å². The van der Waals surface area contributed by atoms with Crippen LogP contribution in [-0.2, 0) is 47.6 Å². The minimum Gasteiger partial charge on any atom is -0.463 e. The van der Waals surface area contributed by atoms with Crippen LogP contribution in [0.25, 0.3) is 20.9 Å². The topological polar surface area (TPSA) is 221 Å². The zero-order valence-corrected chi connectivity index (χ0v) is 18.4. The number of hydrogen-bond donors (Lipinski definition) is 0. The first-order chi connectivity index (χ1) is 15.6. The monoisotopic (exact) mass is 472 g/mol. The van der Waals surface area contributed by atoms with Crippen molar-refractivity contribution in [3.8, 4) is 0 Å². The Kier molecular flexibility index (Phi) is 11.4. The van der Waals surface area contributed by atoms with Crippen LogP contribution in [0.4, 0.5) is 0 Å². The highest BCUT2D eigenvalue weighted by Crippen LogP contribution is 2.30. The Labute approximate surface area is 187 Å². The molecule has 0 aromatic rings. The summed E-state index contributed by atoms with van der Waals surface area (Å²) in [5.41, 5.74) is 17.1. The Morgan fingerprint density at radius 1 is 0.879 bits per heavy atom. The molecule has 0 aromatic heterocycles. The van der Waals surface area contributed by atoms with E-state index in [2.05, 4.69) is 20.1 Å². The third-order valence-corrected chi connectivity index (χ3v) is 3.97. The van der Waals surface area contributed by atoms with E-state index in [0.717, 1.165) is 27.7 Å². The first-order valence-corrected chi connectivity index (χ1v) is 9.56. The Morgan fingerprint density at radius 3 is 1.97 bits per heavy atom. The molecule has 16 nitrogen and oxygen atoms in total. The van der Waals surface area contributed by atoms with Gasteiger partial charge < -0.3 is 28.4 Å². The molecule has 16 heteroatoms. The van der Waals surface area contributed by atoms with Gasteiger partial charge >= 0.3 is 23.9 Å². The summed E-state index contributed by atoms with van der Waals surface area (Å²) in [6.45, 7) is 3.39. The molecule has 0 saturated carbocycles. The van der Waals surface area contributed by atoms with Gasteiger partial charge in [-0.1, -0.05) is 10.2 Å². The third kappa shape index (κ3) is 9.62. The maximum atomic E-state index is 11.8. The molecule has 0 radical (unpaired) electrons. The normalized spacial score (nSPS) is 24.8. The van der Waals surface area contributed by atoms with Crippen molar-refractivity contribution < 1.29 is 47.6 Å². The Morgan fingerprint density at radius 2 is 1.45 bits per heavy atom. The van der Waals surface area contributed by atoms with E-state index in [4.69, 9.17) is 39.5 Å². The van der Waals surface area contributed by atoms with Crippen LogP contribution >= 0.6 is 0 Å². The van der Waals surface area contributed by atoms with Gasteiger partial charge in [0.1, 0.15) is 12.7 Å². The molecule has 1 fully saturated rings. The number of azide groups is 2. The summed E-state index contributed by atoms with van der Waals surface area (Å²) >= 11 is 0. The van der Waals surface area contributed by atoms with Gasteiger partial charge in [0, 0.05) is 44.1 Å². The predicted octanol–water partition coefficient (Wildman–Crippen LogP) is 1.08. The van der Waals surface area contributed by atoms with Gasteiger partial charge in [-0.2, -0.15) is 0 Å². The highest BCUT2D eigenvalue weighted by atomic mass is 16.7. The molecule has 0 amide bonds. The van der Waals surface area contributed by atoms with E-state index in [9.17, 15) is 19.2 Å². The van der Waals surface area contributed by atoms with Gasteiger partial charge in [0.15, 0.2) is 24.6 Å². The highest BCUT2D eigenvalue weighted by molar-refractivity contribution is 5.68. The lowest BCUT2D eigenvalue weighted by molar-refractivity contribution is -0.308. The average molecular weight is 472 g/mol. The predicted molar refractivity (Wildman–Crippen MR) is 105 cm³/mol. The van der Waals surface area contributed by atoms with Gasteiger partial charge in [-0.3, -0.25) is 19.2 Å². The number of carbonyl (C=O) groups is 4. The summed E-state index contributed by atoms with van der Waals surface area (Å²) in [4.78, 5) is 51.7. The Hall–Kier alpha value is -3.58. The van der Waals surface area contributed by atoms with Crippen LogP contribution in [0.5, 0.6) is 0 Å². The van der Waals surface area contributed by atoms with Crippen molar-refractivity contribution in [2.45, 2.75) is 64.4 Å². The number of carbonyl (C=O) groups excluding carboxylic acids is 4. The second-order valence-corrected chi connectivity index (χ2v) is 6.67. The molecule has 0 N–H and O–H groups in total. The number of hydrogen-bond acceptors (Lipinski definition) is 12. The van der Waals surface area contributed by atoms with Gasteiger partial charge in [-0.25, -0.2) is 0 Å². The Bertz CT molecular complexity index is 825. The first kappa shape index (κ1) is 27.5. The van der Waals surface area contributed by atoms with E-state index in [1.807, 2.05) is 0 Å². The molecule has 1 rings (SSSR count). The first-order valence-electron chi connectivity index (χ1n) is 9.56. The second-order valence-electron chi connectivity index (χ2n) is 6.67. The number of ether oxygens (including phenoxy) is 6. The summed E-state index contributed by atoms with van der Waals surface area (Å²) in [5, 5.41) is 6.75. The summed E-state index contributed by atoms with van der Waals surface area (Å²) in [6.07, 6.45) is -6.77. The minimum atomic E-state index is -1.44. The van der Waals surface area contributed by atoms with Gasteiger partial charge in [-0.15, -0.1) is 0 Å². The van der Waals surface area contributed by atoms with E-state index in [1.54, 1.807) is 0 Å². The lowest BCUT2D eigenvalue weighted by atomic mass is 9.98. The average Bonchev–Trinajstić information content (AvgIpc) is 2.71. The van der Waals surface area contributed by atoms with Crippen LogP contribution in [0.2, 0.25) is 0 Å². The van der Waals surface area contributed by atoms with Crippen LogP contribution in [0, 0.1) is 0 Å². The van der Waals surface area contributed by atoms with Gasteiger partial charge in [0.2, 0.25) is 0 Å². The molecule has 182 valence electrons. The quantitative estimate of drug-likeness (QED) is 0.137. The second kappa shape index (κ2) is 13.8. The van der Waals surface area contributed by atoms with Crippen molar-refractivity contribution in [1.82, 2.24) is 0 Å². The molecule has 1 aliphatic heterocycles. The van der Waals surface area contributed by atoms with E-state index in [-0.39, 0.29) is 13.2 Å². The van der Waals surface area contributed by atoms with Crippen LogP contribution < -0.4 is 0 Å².